The van der Waals surface area contributed by atoms with Crippen LogP contribution in [0.5, 0.6) is 5.75 Å². The van der Waals surface area contributed by atoms with Crippen LogP contribution in [0.2, 0.25) is 0 Å². The van der Waals surface area contributed by atoms with E-state index in [1.165, 1.54) is 12.1 Å². The van der Waals surface area contributed by atoms with Crippen LogP contribution in [0.1, 0.15) is 24.4 Å². The van der Waals surface area contributed by atoms with Crippen LogP contribution in [-0.2, 0) is 11.2 Å². The van der Waals surface area contributed by atoms with E-state index in [9.17, 15) is 14.0 Å². The largest absolute Gasteiger partial charge is 0.497 e. The minimum Gasteiger partial charge on any atom is -0.497 e. The highest BCUT2D eigenvalue weighted by molar-refractivity contribution is 5.79. The van der Waals surface area contributed by atoms with Crippen molar-refractivity contribution in [3.63, 3.8) is 0 Å². The molecule has 1 aromatic heterocycles. The third kappa shape index (κ3) is 5.11. The number of hydrogen-bond donors (Lipinski definition) is 0. The average Bonchev–Trinajstić information content (AvgIpc) is 2.94. The fourth-order valence-electron chi connectivity index (χ4n) is 4.82. The number of methoxy groups -OCH3 is 1. The van der Waals surface area contributed by atoms with Crippen molar-refractivity contribution in [3.8, 4) is 11.4 Å². The number of carbonyl (C=O) groups is 1. The molecule has 2 heterocycles. The van der Waals surface area contributed by atoms with E-state index in [-0.39, 0.29) is 23.3 Å². The first-order chi connectivity index (χ1) is 17.9. The quantitative estimate of drug-likeness (QED) is 0.401. The van der Waals surface area contributed by atoms with Gasteiger partial charge in [0.1, 0.15) is 17.4 Å². The molecule has 0 aliphatic carbocycles. The molecule has 190 valence electrons. The summed E-state index contributed by atoms with van der Waals surface area (Å²) in [6.07, 6.45) is 0.343. The zero-order valence-corrected chi connectivity index (χ0v) is 20.9. The monoisotopic (exact) mass is 500 g/mol. The van der Waals surface area contributed by atoms with Gasteiger partial charge in [0, 0.05) is 26.2 Å². The van der Waals surface area contributed by atoms with Crippen LogP contribution >= 0.6 is 0 Å². The second-order valence-electron chi connectivity index (χ2n) is 9.22. The summed E-state index contributed by atoms with van der Waals surface area (Å²) < 4.78 is 20.4. The first-order valence-electron chi connectivity index (χ1n) is 12.4. The Morgan fingerprint density at radius 3 is 2.32 bits per heavy atom. The normalized spacial score (nSPS) is 15.1. The number of halogens is 1. The maximum absolute atomic E-state index is 13.6. The summed E-state index contributed by atoms with van der Waals surface area (Å²) in [7, 11) is 1.62. The van der Waals surface area contributed by atoms with E-state index in [4.69, 9.17) is 9.72 Å². The fraction of sp³-hybridized carbons (Fsp3) is 0.276. The van der Waals surface area contributed by atoms with Crippen molar-refractivity contribution in [2.45, 2.75) is 19.4 Å². The molecular formula is C29H29FN4O3. The lowest BCUT2D eigenvalue weighted by Gasteiger charge is -2.38. The van der Waals surface area contributed by atoms with Crippen LogP contribution in [0.25, 0.3) is 16.6 Å². The summed E-state index contributed by atoms with van der Waals surface area (Å²) >= 11 is 0. The molecule has 0 N–H and O–H groups in total. The lowest BCUT2D eigenvalue weighted by molar-refractivity contribution is -0.132. The van der Waals surface area contributed by atoms with Crippen LogP contribution in [-0.4, -0.2) is 58.5 Å². The Bertz CT molecular complexity index is 1460. The predicted molar refractivity (Wildman–Crippen MR) is 141 cm³/mol. The van der Waals surface area contributed by atoms with Gasteiger partial charge >= 0.3 is 0 Å². The second-order valence-corrected chi connectivity index (χ2v) is 9.22. The van der Waals surface area contributed by atoms with E-state index in [0.29, 0.717) is 55.0 Å². The molecule has 1 fully saturated rings. The average molecular weight is 501 g/mol. The predicted octanol–water partition coefficient (Wildman–Crippen LogP) is 3.98. The fourth-order valence-corrected chi connectivity index (χ4v) is 4.82. The molecule has 7 nitrogen and oxygen atoms in total. The van der Waals surface area contributed by atoms with E-state index >= 15 is 0 Å². The van der Waals surface area contributed by atoms with Gasteiger partial charge in [0.25, 0.3) is 5.56 Å². The number of fused-ring (bicyclic) bond motifs is 1. The molecular weight excluding hydrogens is 471 g/mol. The molecule has 4 aromatic rings. The van der Waals surface area contributed by atoms with Crippen molar-refractivity contribution in [2.75, 3.05) is 33.3 Å². The number of amides is 1. The van der Waals surface area contributed by atoms with Gasteiger partial charge in [-0.3, -0.25) is 19.1 Å². The van der Waals surface area contributed by atoms with Crippen LogP contribution in [0.4, 0.5) is 4.39 Å². The van der Waals surface area contributed by atoms with Gasteiger partial charge in [-0.1, -0.05) is 24.3 Å². The van der Waals surface area contributed by atoms with Gasteiger partial charge in [0.2, 0.25) is 5.91 Å². The Hall–Kier alpha value is -4.04. The molecule has 8 heteroatoms. The number of aromatic nitrogens is 2. The number of hydrogen-bond acceptors (Lipinski definition) is 5. The minimum absolute atomic E-state index is 0.0875. The summed E-state index contributed by atoms with van der Waals surface area (Å²) in [6.45, 7) is 4.51. The maximum atomic E-state index is 13.6. The maximum Gasteiger partial charge on any atom is 0.266 e. The molecule has 1 amide bonds. The molecule has 0 spiro atoms. The molecule has 37 heavy (non-hydrogen) atoms. The Balaban J connectivity index is 1.36. The van der Waals surface area contributed by atoms with Crippen LogP contribution in [0.3, 0.4) is 0 Å². The van der Waals surface area contributed by atoms with E-state index in [0.717, 1.165) is 11.3 Å². The van der Waals surface area contributed by atoms with Crippen molar-refractivity contribution >= 4 is 16.8 Å². The number of benzene rings is 3. The lowest BCUT2D eigenvalue weighted by Crippen LogP contribution is -2.50. The smallest absolute Gasteiger partial charge is 0.266 e. The highest BCUT2D eigenvalue weighted by Crippen LogP contribution is 2.24. The first-order valence-corrected chi connectivity index (χ1v) is 12.4. The number of piperazine rings is 1. The molecule has 1 aliphatic rings. The molecule has 0 radical (unpaired) electrons. The van der Waals surface area contributed by atoms with Crippen molar-refractivity contribution in [2.24, 2.45) is 0 Å². The summed E-state index contributed by atoms with van der Waals surface area (Å²) in [4.78, 5) is 35.4. The third-order valence-corrected chi connectivity index (χ3v) is 6.99. The number of nitrogens with zero attached hydrogens (tertiary/aromatic N) is 4. The minimum atomic E-state index is -0.365. The Morgan fingerprint density at radius 2 is 1.65 bits per heavy atom. The van der Waals surface area contributed by atoms with E-state index in [1.807, 2.05) is 54.3 Å². The summed E-state index contributed by atoms with van der Waals surface area (Å²) in [5.41, 5.74) is 1.96. The first kappa shape index (κ1) is 24.6. The highest BCUT2D eigenvalue weighted by atomic mass is 19.1. The van der Waals surface area contributed by atoms with Crippen molar-refractivity contribution in [1.82, 2.24) is 19.4 Å². The zero-order chi connectivity index (χ0) is 25.9. The molecule has 5 rings (SSSR count). The zero-order valence-electron chi connectivity index (χ0n) is 20.9. The Labute approximate surface area is 214 Å². The molecule has 0 bridgehead atoms. The van der Waals surface area contributed by atoms with Gasteiger partial charge in [0.05, 0.1) is 36.2 Å². The van der Waals surface area contributed by atoms with Gasteiger partial charge in [0.15, 0.2) is 0 Å². The van der Waals surface area contributed by atoms with Crippen LogP contribution in [0.15, 0.2) is 77.6 Å². The lowest BCUT2D eigenvalue weighted by atomic mass is 10.1. The number of carbonyl (C=O) groups excluding carboxylic acids is 1. The highest BCUT2D eigenvalue weighted by Gasteiger charge is 2.28. The Kier molecular flexibility index (Phi) is 7.01. The standard InChI is InChI=1S/C29H29FN4O3/c1-20(32-15-17-33(18-16-32)27(35)19-21-7-13-24(37-2)14-8-21)28-31-26-6-4-3-5-25(26)29(36)34(28)23-11-9-22(30)10-12-23/h3-14,20H,15-19H2,1-2H3. The van der Waals surface area contributed by atoms with Gasteiger partial charge in [-0.15, -0.1) is 0 Å². The van der Waals surface area contributed by atoms with E-state index in [2.05, 4.69) is 4.90 Å². The van der Waals surface area contributed by atoms with Crippen molar-refractivity contribution < 1.29 is 13.9 Å². The number of ether oxygens (including phenoxy) is 1. The molecule has 0 saturated carbocycles. The van der Waals surface area contributed by atoms with Crippen molar-refractivity contribution in [1.29, 1.82) is 0 Å². The summed E-state index contributed by atoms with van der Waals surface area (Å²) in [5, 5.41) is 0.511. The van der Waals surface area contributed by atoms with E-state index < -0.39 is 0 Å². The van der Waals surface area contributed by atoms with Crippen LogP contribution in [0, 0.1) is 5.82 Å². The van der Waals surface area contributed by atoms with Gasteiger partial charge in [-0.2, -0.15) is 0 Å². The summed E-state index contributed by atoms with van der Waals surface area (Å²) in [5.74, 6) is 1.08. The molecule has 1 atom stereocenters. The van der Waals surface area contributed by atoms with E-state index in [1.54, 1.807) is 29.9 Å². The molecule has 1 saturated heterocycles. The molecule has 1 unspecified atom stereocenters. The van der Waals surface area contributed by atoms with Gasteiger partial charge in [-0.25, -0.2) is 9.37 Å². The topological polar surface area (TPSA) is 67.7 Å². The summed E-state index contributed by atoms with van der Waals surface area (Å²) in [6, 6.07) is 20.5. The molecule has 1 aliphatic heterocycles. The SMILES string of the molecule is COc1ccc(CC(=O)N2CCN(C(C)c3nc4ccccc4c(=O)n3-c3ccc(F)cc3)CC2)cc1. The second kappa shape index (κ2) is 10.5. The number of para-hydroxylation sites is 1. The van der Waals surface area contributed by atoms with Crippen molar-refractivity contribution in [3.05, 3.63) is 100 Å². The number of rotatable bonds is 6. The third-order valence-electron chi connectivity index (χ3n) is 6.99. The Morgan fingerprint density at radius 1 is 0.973 bits per heavy atom. The van der Waals surface area contributed by atoms with Gasteiger partial charge < -0.3 is 9.64 Å². The molecule has 3 aromatic carbocycles. The van der Waals surface area contributed by atoms with Gasteiger partial charge in [-0.05, 0) is 61.0 Å². The van der Waals surface area contributed by atoms with Crippen LogP contribution < -0.4 is 10.3 Å².